The van der Waals surface area contributed by atoms with Crippen LogP contribution in [0.15, 0.2) is 78.0 Å². The lowest BCUT2D eigenvalue weighted by atomic mass is 10.2. The Labute approximate surface area is 187 Å². The van der Waals surface area contributed by atoms with Gasteiger partial charge in [0.05, 0.1) is 20.4 Å². The van der Waals surface area contributed by atoms with Crippen LogP contribution in [0.5, 0.6) is 17.2 Å². The van der Waals surface area contributed by atoms with E-state index in [-0.39, 0.29) is 5.91 Å². The molecule has 1 atom stereocenters. The molecular formula is C25H26N2O5. The zero-order valence-corrected chi connectivity index (χ0v) is 18.3. The fourth-order valence-electron chi connectivity index (χ4n) is 2.77. The molecule has 0 saturated carbocycles. The SMILES string of the molecule is COc1ccc(NC(=O)C(C)O/N=C/c2ccc(OCc3ccccc3)c(OC)c2)cc1. The van der Waals surface area contributed by atoms with Crippen LogP contribution < -0.4 is 19.5 Å². The Morgan fingerprint density at radius 3 is 2.41 bits per heavy atom. The molecule has 0 saturated heterocycles. The minimum atomic E-state index is -0.774. The molecule has 32 heavy (non-hydrogen) atoms. The van der Waals surface area contributed by atoms with Gasteiger partial charge in [-0.05, 0) is 55.0 Å². The van der Waals surface area contributed by atoms with E-state index in [4.69, 9.17) is 19.0 Å². The van der Waals surface area contributed by atoms with E-state index in [0.717, 1.165) is 11.1 Å². The van der Waals surface area contributed by atoms with Crippen LogP contribution in [0.3, 0.4) is 0 Å². The second kappa shape index (κ2) is 11.4. The van der Waals surface area contributed by atoms with E-state index in [1.807, 2.05) is 42.5 Å². The molecule has 166 valence electrons. The van der Waals surface area contributed by atoms with Crippen molar-refractivity contribution < 1.29 is 23.8 Å². The van der Waals surface area contributed by atoms with Crippen LogP contribution in [-0.4, -0.2) is 32.4 Å². The van der Waals surface area contributed by atoms with E-state index in [1.165, 1.54) is 6.21 Å². The number of ether oxygens (including phenoxy) is 3. The summed E-state index contributed by atoms with van der Waals surface area (Å²) in [6, 6.07) is 22.3. The second-order valence-electron chi connectivity index (χ2n) is 6.88. The number of rotatable bonds is 10. The molecule has 1 amide bonds. The normalized spacial score (nSPS) is 11.6. The molecule has 0 radical (unpaired) electrons. The topological polar surface area (TPSA) is 78.4 Å². The lowest BCUT2D eigenvalue weighted by Gasteiger charge is -2.12. The first-order valence-corrected chi connectivity index (χ1v) is 10.1. The van der Waals surface area contributed by atoms with Crippen molar-refractivity contribution in [2.45, 2.75) is 19.6 Å². The Morgan fingerprint density at radius 1 is 0.969 bits per heavy atom. The maximum absolute atomic E-state index is 12.3. The molecule has 3 rings (SSSR count). The highest BCUT2D eigenvalue weighted by atomic mass is 16.6. The van der Waals surface area contributed by atoms with Crippen LogP contribution in [0.25, 0.3) is 0 Å². The molecule has 0 heterocycles. The van der Waals surface area contributed by atoms with Crippen LogP contribution >= 0.6 is 0 Å². The molecule has 1 N–H and O–H groups in total. The summed E-state index contributed by atoms with van der Waals surface area (Å²) in [6.45, 7) is 2.06. The van der Waals surface area contributed by atoms with Crippen LogP contribution in [0.2, 0.25) is 0 Å². The third kappa shape index (κ3) is 6.50. The molecule has 0 fully saturated rings. The van der Waals surface area contributed by atoms with Gasteiger partial charge in [-0.2, -0.15) is 0 Å². The van der Waals surface area contributed by atoms with E-state index >= 15 is 0 Å². The largest absolute Gasteiger partial charge is 0.497 e. The van der Waals surface area contributed by atoms with Gasteiger partial charge in [-0.25, -0.2) is 0 Å². The molecule has 0 bridgehead atoms. The molecule has 0 aliphatic carbocycles. The number of benzene rings is 3. The fraction of sp³-hybridized carbons (Fsp3) is 0.200. The van der Waals surface area contributed by atoms with Gasteiger partial charge >= 0.3 is 0 Å². The van der Waals surface area contributed by atoms with Gasteiger partial charge in [-0.15, -0.1) is 0 Å². The fourth-order valence-corrected chi connectivity index (χ4v) is 2.77. The van der Waals surface area contributed by atoms with Crippen LogP contribution in [0.1, 0.15) is 18.1 Å². The highest BCUT2D eigenvalue weighted by molar-refractivity contribution is 5.94. The third-order valence-electron chi connectivity index (χ3n) is 4.57. The van der Waals surface area contributed by atoms with E-state index in [1.54, 1.807) is 51.5 Å². The van der Waals surface area contributed by atoms with Gasteiger partial charge in [0.1, 0.15) is 12.4 Å². The van der Waals surface area contributed by atoms with Crippen molar-refractivity contribution in [1.82, 2.24) is 0 Å². The molecule has 0 aliphatic heterocycles. The predicted octanol–water partition coefficient (Wildman–Crippen LogP) is 4.66. The Bertz CT molecular complexity index is 1040. The monoisotopic (exact) mass is 434 g/mol. The van der Waals surface area contributed by atoms with Gasteiger partial charge in [0.15, 0.2) is 11.5 Å². The molecule has 0 spiro atoms. The highest BCUT2D eigenvalue weighted by Gasteiger charge is 2.14. The number of hydrogen-bond donors (Lipinski definition) is 1. The molecule has 0 aromatic heterocycles. The number of carbonyl (C=O) groups is 1. The summed E-state index contributed by atoms with van der Waals surface area (Å²) in [6.07, 6.45) is 0.740. The zero-order valence-electron chi connectivity index (χ0n) is 18.3. The molecule has 3 aromatic carbocycles. The Hall–Kier alpha value is -4.00. The van der Waals surface area contributed by atoms with Gasteiger partial charge in [0.25, 0.3) is 5.91 Å². The Kier molecular flexibility index (Phi) is 8.09. The molecule has 7 heteroatoms. The van der Waals surface area contributed by atoms with Crippen molar-refractivity contribution in [2.24, 2.45) is 5.16 Å². The maximum atomic E-state index is 12.3. The number of oxime groups is 1. The van der Waals surface area contributed by atoms with Gasteiger partial charge in [0.2, 0.25) is 6.10 Å². The number of carbonyl (C=O) groups excluding carboxylic acids is 1. The molecule has 7 nitrogen and oxygen atoms in total. The van der Waals surface area contributed by atoms with E-state index in [0.29, 0.717) is 29.5 Å². The predicted molar refractivity (Wildman–Crippen MR) is 124 cm³/mol. The number of anilines is 1. The van der Waals surface area contributed by atoms with Crippen LogP contribution in [0.4, 0.5) is 5.69 Å². The van der Waals surface area contributed by atoms with E-state index < -0.39 is 6.10 Å². The Morgan fingerprint density at radius 2 is 1.72 bits per heavy atom. The van der Waals surface area contributed by atoms with E-state index in [9.17, 15) is 4.79 Å². The van der Waals surface area contributed by atoms with Crippen molar-refractivity contribution in [1.29, 1.82) is 0 Å². The summed E-state index contributed by atoms with van der Waals surface area (Å²) in [5.74, 6) is 1.61. The lowest BCUT2D eigenvalue weighted by Crippen LogP contribution is -2.26. The second-order valence-corrected chi connectivity index (χ2v) is 6.88. The summed E-state index contributed by atoms with van der Waals surface area (Å²) in [5, 5.41) is 6.69. The van der Waals surface area contributed by atoms with Crippen LogP contribution in [-0.2, 0) is 16.2 Å². The number of nitrogens with one attached hydrogen (secondary N) is 1. The summed E-state index contributed by atoms with van der Waals surface area (Å²) in [7, 11) is 3.16. The van der Waals surface area contributed by atoms with Gasteiger partial charge < -0.3 is 24.4 Å². The number of hydrogen-bond acceptors (Lipinski definition) is 6. The first-order valence-electron chi connectivity index (χ1n) is 10.1. The Balaban J connectivity index is 1.53. The molecule has 0 aliphatic rings. The standard InChI is InChI=1S/C25H26N2O5/c1-18(25(28)27-21-10-12-22(29-2)13-11-21)32-26-16-20-9-14-23(24(15-20)30-3)31-17-19-7-5-4-6-8-19/h4-16,18H,17H2,1-3H3,(H,27,28)/b26-16+. The third-order valence-corrected chi connectivity index (χ3v) is 4.57. The number of amides is 1. The molecular weight excluding hydrogens is 408 g/mol. The summed E-state index contributed by atoms with van der Waals surface area (Å²) in [4.78, 5) is 17.6. The summed E-state index contributed by atoms with van der Waals surface area (Å²) < 4.78 is 16.4. The minimum Gasteiger partial charge on any atom is -0.497 e. The summed E-state index contributed by atoms with van der Waals surface area (Å²) >= 11 is 0. The number of methoxy groups -OCH3 is 2. The smallest absolute Gasteiger partial charge is 0.267 e. The first kappa shape index (κ1) is 22.7. The quantitative estimate of drug-likeness (QED) is 0.371. The average molecular weight is 434 g/mol. The maximum Gasteiger partial charge on any atom is 0.267 e. The van der Waals surface area contributed by atoms with Crippen molar-refractivity contribution in [3.05, 3.63) is 83.9 Å². The van der Waals surface area contributed by atoms with Crippen molar-refractivity contribution in [2.75, 3.05) is 19.5 Å². The van der Waals surface area contributed by atoms with Gasteiger partial charge in [0, 0.05) is 11.3 Å². The van der Waals surface area contributed by atoms with E-state index in [2.05, 4.69) is 10.5 Å². The van der Waals surface area contributed by atoms with Crippen molar-refractivity contribution >= 4 is 17.8 Å². The zero-order chi connectivity index (χ0) is 22.8. The van der Waals surface area contributed by atoms with Crippen molar-refractivity contribution in [3.63, 3.8) is 0 Å². The lowest BCUT2D eigenvalue weighted by molar-refractivity contribution is -0.126. The molecule has 3 aromatic rings. The van der Waals surface area contributed by atoms with Gasteiger partial charge in [-0.3, -0.25) is 4.79 Å². The number of nitrogens with zero attached hydrogens (tertiary/aromatic N) is 1. The van der Waals surface area contributed by atoms with Crippen molar-refractivity contribution in [3.8, 4) is 17.2 Å². The summed E-state index contributed by atoms with van der Waals surface area (Å²) in [5.41, 5.74) is 2.46. The molecule has 1 unspecified atom stereocenters. The average Bonchev–Trinajstić information content (AvgIpc) is 2.84. The van der Waals surface area contributed by atoms with Crippen LogP contribution in [0, 0.1) is 0 Å². The first-order chi connectivity index (χ1) is 15.6. The van der Waals surface area contributed by atoms with Gasteiger partial charge in [-0.1, -0.05) is 35.5 Å². The highest BCUT2D eigenvalue weighted by Crippen LogP contribution is 2.28. The minimum absolute atomic E-state index is 0.311.